The van der Waals surface area contributed by atoms with Crippen LogP contribution in [0.4, 0.5) is 0 Å². The third kappa shape index (κ3) is 4.05. The first-order chi connectivity index (χ1) is 14.0. The second-order valence-electron chi connectivity index (χ2n) is 9.13. The predicted octanol–water partition coefficient (Wildman–Crippen LogP) is 2.03. The Labute approximate surface area is 173 Å². The predicted molar refractivity (Wildman–Crippen MR) is 111 cm³/mol. The summed E-state index contributed by atoms with van der Waals surface area (Å²) in [7, 11) is 2.07. The topological polar surface area (TPSA) is 72.9 Å². The fraction of sp³-hybridized carbons (Fsp3) is 0.652. The lowest BCUT2D eigenvalue weighted by Gasteiger charge is -2.53. The quantitative estimate of drug-likeness (QED) is 0.816. The van der Waals surface area contributed by atoms with E-state index in [1.165, 1.54) is 0 Å². The fourth-order valence-corrected chi connectivity index (χ4v) is 5.44. The third-order valence-electron chi connectivity index (χ3n) is 7.23. The Kier molecular flexibility index (Phi) is 5.93. The summed E-state index contributed by atoms with van der Waals surface area (Å²) in [6, 6.07) is 9.46. The lowest BCUT2D eigenvalue weighted by atomic mass is 9.67. The van der Waals surface area contributed by atoms with Crippen molar-refractivity contribution in [2.24, 2.45) is 5.41 Å². The molecule has 1 aromatic carbocycles. The summed E-state index contributed by atoms with van der Waals surface area (Å²) in [5.41, 5.74) is 0.184. The molecular formula is C23H33N3O3. The van der Waals surface area contributed by atoms with Crippen LogP contribution in [0.5, 0.6) is 0 Å². The van der Waals surface area contributed by atoms with Crippen LogP contribution >= 0.6 is 0 Å². The second kappa shape index (κ2) is 8.44. The van der Waals surface area contributed by atoms with Crippen LogP contribution < -0.4 is 5.32 Å². The Balaban J connectivity index is 1.56. The van der Waals surface area contributed by atoms with Gasteiger partial charge < -0.3 is 20.2 Å². The van der Waals surface area contributed by atoms with E-state index in [1.807, 2.05) is 35.2 Å². The summed E-state index contributed by atoms with van der Waals surface area (Å²) >= 11 is 0. The number of likely N-dealkylation sites (tertiary alicyclic amines) is 2. The van der Waals surface area contributed by atoms with Crippen LogP contribution in [0, 0.1) is 5.41 Å². The smallest absolute Gasteiger partial charge is 0.254 e. The van der Waals surface area contributed by atoms with Gasteiger partial charge >= 0.3 is 0 Å². The minimum Gasteiger partial charge on any atom is -0.393 e. The minimum absolute atomic E-state index is 0.0311. The van der Waals surface area contributed by atoms with E-state index in [0.29, 0.717) is 12.1 Å². The fourth-order valence-electron chi connectivity index (χ4n) is 5.44. The highest BCUT2D eigenvalue weighted by Gasteiger charge is 2.53. The number of likely N-dealkylation sites (N-methyl/N-ethyl adjacent to an activating group) is 1. The molecule has 2 N–H and O–H groups in total. The molecule has 6 heteroatoms. The molecule has 0 bridgehead atoms. The molecule has 0 aromatic heterocycles. The number of amides is 2. The maximum atomic E-state index is 13.6. The molecule has 1 aromatic rings. The van der Waals surface area contributed by atoms with Gasteiger partial charge in [0.25, 0.3) is 5.91 Å². The number of nitrogens with zero attached hydrogens (tertiary/aromatic N) is 2. The molecule has 0 unspecified atom stereocenters. The van der Waals surface area contributed by atoms with Crippen LogP contribution in [0.25, 0.3) is 0 Å². The van der Waals surface area contributed by atoms with Gasteiger partial charge in [0.1, 0.15) is 0 Å². The number of piperidine rings is 2. The zero-order valence-corrected chi connectivity index (χ0v) is 17.3. The molecule has 2 saturated heterocycles. The van der Waals surface area contributed by atoms with Crippen LogP contribution in [0.3, 0.4) is 0 Å². The molecule has 2 atom stereocenters. The summed E-state index contributed by atoms with van der Waals surface area (Å²) in [4.78, 5) is 31.1. The summed E-state index contributed by atoms with van der Waals surface area (Å²) < 4.78 is 0. The van der Waals surface area contributed by atoms with Crippen molar-refractivity contribution in [2.45, 2.75) is 63.1 Å². The maximum Gasteiger partial charge on any atom is 0.254 e. The summed E-state index contributed by atoms with van der Waals surface area (Å²) in [6.07, 6.45) is 5.42. The van der Waals surface area contributed by atoms with Gasteiger partial charge in [0.05, 0.1) is 17.6 Å². The number of benzene rings is 1. The van der Waals surface area contributed by atoms with Gasteiger partial charge in [0.15, 0.2) is 0 Å². The molecule has 3 aliphatic rings. The second-order valence-corrected chi connectivity index (χ2v) is 9.13. The molecule has 2 aliphatic heterocycles. The van der Waals surface area contributed by atoms with Crippen LogP contribution in [-0.2, 0) is 4.79 Å². The van der Waals surface area contributed by atoms with Crippen molar-refractivity contribution in [2.75, 3.05) is 26.7 Å². The first-order valence-electron chi connectivity index (χ1n) is 11.0. The highest BCUT2D eigenvalue weighted by molar-refractivity contribution is 5.95. The SMILES string of the molecule is CN1CC[C@]2(C(=O)NC3CCC(O)CC3)CCCN(C(=O)c3ccccc3)[C@H]2C1. The van der Waals surface area contributed by atoms with Crippen molar-refractivity contribution in [1.29, 1.82) is 0 Å². The number of carbonyl (C=O) groups excluding carboxylic acids is 2. The molecule has 1 saturated carbocycles. The van der Waals surface area contributed by atoms with Crippen molar-refractivity contribution in [3.8, 4) is 0 Å². The van der Waals surface area contributed by atoms with Crippen molar-refractivity contribution in [3.63, 3.8) is 0 Å². The number of hydrogen-bond donors (Lipinski definition) is 2. The van der Waals surface area contributed by atoms with E-state index in [4.69, 9.17) is 0 Å². The summed E-state index contributed by atoms with van der Waals surface area (Å²) in [5, 5.41) is 13.1. The van der Waals surface area contributed by atoms with Gasteiger partial charge in [-0.1, -0.05) is 18.2 Å². The standard InChI is InChI=1S/C23H33N3O3/c1-25-15-13-23(22(29)24-18-8-10-19(27)11-9-18)12-5-14-26(20(23)16-25)21(28)17-6-3-2-4-7-17/h2-4,6-7,18-20,27H,5,8-16H2,1H3,(H,24,29)/t18?,19?,20-,23+/m0/s1. The molecule has 0 radical (unpaired) electrons. The van der Waals surface area contributed by atoms with Gasteiger partial charge in [-0.05, 0) is 70.7 Å². The van der Waals surface area contributed by atoms with E-state index in [2.05, 4.69) is 17.3 Å². The maximum absolute atomic E-state index is 13.6. The van der Waals surface area contributed by atoms with Gasteiger partial charge in [-0.2, -0.15) is 0 Å². The summed E-state index contributed by atoms with van der Waals surface area (Å²) in [5.74, 6) is 0.145. The molecule has 158 valence electrons. The molecule has 6 nitrogen and oxygen atoms in total. The largest absolute Gasteiger partial charge is 0.393 e. The number of carbonyl (C=O) groups is 2. The molecule has 2 heterocycles. The summed E-state index contributed by atoms with van der Waals surface area (Å²) in [6.45, 7) is 2.31. The zero-order chi connectivity index (χ0) is 20.4. The van der Waals surface area contributed by atoms with Gasteiger partial charge in [-0.25, -0.2) is 0 Å². The molecule has 0 spiro atoms. The van der Waals surface area contributed by atoms with Gasteiger partial charge in [0.2, 0.25) is 5.91 Å². The van der Waals surface area contributed by atoms with E-state index in [0.717, 1.165) is 58.0 Å². The molecule has 4 rings (SSSR count). The van der Waals surface area contributed by atoms with E-state index < -0.39 is 5.41 Å². The molecule has 1 aliphatic carbocycles. The van der Waals surface area contributed by atoms with Crippen LogP contribution in [0.1, 0.15) is 55.3 Å². The lowest BCUT2D eigenvalue weighted by Crippen LogP contribution is -2.67. The molecular weight excluding hydrogens is 366 g/mol. The number of fused-ring (bicyclic) bond motifs is 1. The first kappa shape index (κ1) is 20.4. The van der Waals surface area contributed by atoms with Gasteiger partial charge in [0, 0.05) is 24.7 Å². The van der Waals surface area contributed by atoms with Gasteiger partial charge in [-0.3, -0.25) is 9.59 Å². The number of aliphatic hydroxyl groups is 1. The number of rotatable bonds is 3. The van der Waals surface area contributed by atoms with E-state index in [1.54, 1.807) is 0 Å². The van der Waals surface area contributed by atoms with E-state index in [-0.39, 0.29) is 30.0 Å². The highest BCUT2D eigenvalue weighted by Crippen LogP contribution is 2.43. The monoisotopic (exact) mass is 399 g/mol. The number of nitrogens with one attached hydrogen (secondary N) is 1. The average Bonchev–Trinajstić information content (AvgIpc) is 2.75. The Morgan fingerprint density at radius 2 is 1.79 bits per heavy atom. The Morgan fingerprint density at radius 3 is 2.52 bits per heavy atom. The highest BCUT2D eigenvalue weighted by atomic mass is 16.3. The Hall–Kier alpha value is -1.92. The van der Waals surface area contributed by atoms with E-state index >= 15 is 0 Å². The minimum atomic E-state index is -0.509. The first-order valence-corrected chi connectivity index (χ1v) is 11.0. The van der Waals surface area contributed by atoms with Crippen molar-refractivity contribution >= 4 is 11.8 Å². The van der Waals surface area contributed by atoms with Crippen LogP contribution in [0.2, 0.25) is 0 Å². The third-order valence-corrected chi connectivity index (χ3v) is 7.23. The molecule has 3 fully saturated rings. The van der Waals surface area contributed by atoms with Crippen LogP contribution in [0.15, 0.2) is 30.3 Å². The number of hydrogen-bond acceptors (Lipinski definition) is 4. The van der Waals surface area contributed by atoms with Gasteiger partial charge in [-0.15, -0.1) is 0 Å². The van der Waals surface area contributed by atoms with Crippen molar-refractivity contribution in [1.82, 2.24) is 15.1 Å². The molecule has 29 heavy (non-hydrogen) atoms. The molecule has 2 amide bonds. The van der Waals surface area contributed by atoms with Crippen molar-refractivity contribution < 1.29 is 14.7 Å². The average molecular weight is 400 g/mol. The number of aliphatic hydroxyl groups excluding tert-OH is 1. The zero-order valence-electron chi connectivity index (χ0n) is 17.3. The van der Waals surface area contributed by atoms with Crippen molar-refractivity contribution in [3.05, 3.63) is 35.9 Å². The normalized spacial score (nSPS) is 33.0. The Morgan fingerprint density at radius 1 is 1.07 bits per heavy atom. The van der Waals surface area contributed by atoms with E-state index in [9.17, 15) is 14.7 Å². The van der Waals surface area contributed by atoms with Crippen LogP contribution in [-0.4, -0.2) is 71.6 Å². The lowest BCUT2D eigenvalue weighted by molar-refractivity contribution is -0.143. The Bertz CT molecular complexity index is 732.